The highest BCUT2D eigenvalue weighted by molar-refractivity contribution is 7.80. The third-order valence-electron chi connectivity index (χ3n) is 2.96. The first-order valence-corrected chi connectivity index (χ1v) is 7.10. The van der Waals surface area contributed by atoms with Crippen LogP contribution in [-0.2, 0) is 6.42 Å². The first kappa shape index (κ1) is 15.4. The number of nitrogens with one attached hydrogen (secondary N) is 2. The van der Waals surface area contributed by atoms with Gasteiger partial charge >= 0.3 is 0 Å². The molecule has 0 unspecified atom stereocenters. The molecule has 0 amide bonds. The van der Waals surface area contributed by atoms with Crippen LogP contribution in [0.5, 0.6) is 0 Å². The molecule has 0 aliphatic rings. The van der Waals surface area contributed by atoms with Crippen LogP contribution in [0.2, 0.25) is 0 Å². The Balaban J connectivity index is 1.70. The molecular weight excluding hydrogens is 290 g/mol. The SMILES string of the molecule is Fc1ccc(CCCNC(=S)Nc2ccccc2F)cc1. The lowest BCUT2D eigenvalue weighted by Gasteiger charge is -2.11. The van der Waals surface area contributed by atoms with Crippen molar-refractivity contribution < 1.29 is 8.78 Å². The summed E-state index contributed by atoms with van der Waals surface area (Å²) in [5.41, 5.74) is 1.43. The normalized spacial score (nSPS) is 10.2. The van der Waals surface area contributed by atoms with Gasteiger partial charge in [0.05, 0.1) is 5.69 Å². The highest BCUT2D eigenvalue weighted by atomic mass is 32.1. The van der Waals surface area contributed by atoms with Crippen LogP contribution in [0.1, 0.15) is 12.0 Å². The second-order valence-electron chi connectivity index (χ2n) is 4.59. The molecule has 0 radical (unpaired) electrons. The molecule has 2 rings (SSSR count). The van der Waals surface area contributed by atoms with Crippen molar-refractivity contribution in [1.82, 2.24) is 5.32 Å². The van der Waals surface area contributed by atoms with Crippen molar-refractivity contribution in [2.75, 3.05) is 11.9 Å². The zero-order chi connectivity index (χ0) is 15.1. The minimum atomic E-state index is -0.340. The van der Waals surface area contributed by atoms with E-state index >= 15 is 0 Å². The van der Waals surface area contributed by atoms with Gasteiger partial charge in [0.15, 0.2) is 5.11 Å². The molecule has 0 fully saturated rings. The summed E-state index contributed by atoms with van der Waals surface area (Å²) in [4.78, 5) is 0. The highest BCUT2D eigenvalue weighted by Crippen LogP contribution is 2.12. The van der Waals surface area contributed by atoms with Crippen molar-refractivity contribution in [3.05, 3.63) is 65.7 Å². The second kappa shape index (κ2) is 7.69. The highest BCUT2D eigenvalue weighted by Gasteiger charge is 2.02. The predicted octanol–water partition coefficient (Wildman–Crippen LogP) is 3.88. The standard InChI is InChI=1S/C16H16F2N2S/c17-13-9-7-12(8-10-13)4-3-11-19-16(21)20-15-6-2-1-5-14(15)18/h1-2,5-10H,3-4,11H2,(H2,19,20,21). The lowest BCUT2D eigenvalue weighted by atomic mass is 10.1. The van der Waals surface area contributed by atoms with E-state index in [4.69, 9.17) is 12.2 Å². The number of rotatable bonds is 5. The van der Waals surface area contributed by atoms with Gasteiger partial charge in [-0.3, -0.25) is 0 Å². The molecule has 2 aromatic rings. The van der Waals surface area contributed by atoms with E-state index in [0.717, 1.165) is 18.4 Å². The van der Waals surface area contributed by atoms with Crippen molar-refractivity contribution >= 4 is 23.0 Å². The minimum absolute atomic E-state index is 0.229. The smallest absolute Gasteiger partial charge is 0.170 e. The van der Waals surface area contributed by atoms with Gasteiger partial charge in [0, 0.05) is 6.54 Å². The maximum Gasteiger partial charge on any atom is 0.170 e. The van der Waals surface area contributed by atoms with E-state index in [1.165, 1.54) is 18.2 Å². The Morgan fingerprint density at radius 1 is 1.00 bits per heavy atom. The van der Waals surface area contributed by atoms with Crippen LogP contribution >= 0.6 is 12.2 Å². The average Bonchev–Trinajstić information content (AvgIpc) is 2.48. The Kier molecular flexibility index (Phi) is 5.63. The van der Waals surface area contributed by atoms with Gasteiger partial charge in [0.1, 0.15) is 11.6 Å². The molecule has 0 spiro atoms. The zero-order valence-corrected chi connectivity index (χ0v) is 12.2. The van der Waals surface area contributed by atoms with Crippen molar-refractivity contribution in [2.24, 2.45) is 0 Å². The number of benzene rings is 2. The molecule has 0 bridgehead atoms. The van der Waals surface area contributed by atoms with Crippen LogP contribution in [0.15, 0.2) is 48.5 Å². The topological polar surface area (TPSA) is 24.1 Å². The fourth-order valence-electron chi connectivity index (χ4n) is 1.87. The summed E-state index contributed by atoms with van der Waals surface area (Å²) < 4.78 is 26.2. The summed E-state index contributed by atoms with van der Waals surface area (Å²) in [6.45, 7) is 0.664. The van der Waals surface area contributed by atoms with Crippen LogP contribution in [0.3, 0.4) is 0 Å². The zero-order valence-electron chi connectivity index (χ0n) is 11.4. The van der Waals surface area contributed by atoms with E-state index < -0.39 is 0 Å². The summed E-state index contributed by atoms with van der Waals surface area (Å²) in [5, 5.41) is 6.22. The third-order valence-corrected chi connectivity index (χ3v) is 3.21. The first-order valence-electron chi connectivity index (χ1n) is 6.69. The molecule has 2 N–H and O–H groups in total. The van der Waals surface area contributed by atoms with Gasteiger partial charge in [-0.1, -0.05) is 24.3 Å². The van der Waals surface area contributed by atoms with Gasteiger partial charge in [0.25, 0.3) is 0 Å². The van der Waals surface area contributed by atoms with E-state index in [0.29, 0.717) is 17.3 Å². The molecular formula is C16H16F2N2S. The summed E-state index contributed by atoms with van der Waals surface area (Å²) in [5.74, 6) is -0.569. The molecule has 0 aliphatic heterocycles. The van der Waals surface area contributed by atoms with Crippen molar-refractivity contribution in [2.45, 2.75) is 12.8 Å². The number of para-hydroxylation sites is 1. The second-order valence-corrected chi connectivity index (χ2v) is 5.00. The Bertz CT molecular complexity index is 599. The molecule has 0 saturated carbocycles. The molecule has 110 valence electrons. The van der Waals surface area contributed by atoms with Gasteiger partial charge in [-0.2, -0.15) is 0 Å². The quantitative estimate of drug-likeness (QED) is 0.647. The van der Waals surface area contributed by atoms with E-state index in [-0.39, 0.29) is 11.6 Å². The Morgan fingerprint density at radius 3 is 2.43 bits per heavy atom. The summed E-state index contributed by atoms with van der Waals surface area (Å²) >= 11 is 5.10. The number of hydrogen-bond donors (Lipinski definition) is 2. The summed E-state index contributed by atoms with van der Waals surface area (Å²) in [7, 11) is 0. The minimum Gasteiger partial charge on any atom is -0.362 e. The monoisotopic (exact) mass is 306 g/mol. The lowest BCUT2D eigenvalue weighted by Crippen LogP contribution is -2.29. The van der Waals surface area contributed by atoms with Gasteiger partial charge in [0.2, 0.25) is 0 Å². The largest absolute Gasteiger partial charge is 0.362 e. The summed E-state index contributed by atoms with van der Waals surface area (Å²) in [6.07, 6.45) is 1.68. The predicted molar refractivity (Wildman–Crippen MR) is 85.3 cm³/mol. The number of anilines is 1. The van der Waals surface area contributed by atoms with Crippen molar-refractivity contribution in [3.8, 4) is 0 Å². The van der Waals surface area contributed by atoms with Gasteiger partial charge < -0.3 is 10.6 Å². The maximum absolute atomic E-state index is 13.4. The van der Waals surface area contributed by atoms with Crippen LogP contribution in [0.4, 0.5) is 14.5 Å². The van der Waals surface area contributed by atoms with Crippen LogP contribution < -0.4 is 10.6 Å². The molecule has 5 heteroatoms. The van der Waals surface area contributed by atoms with E-state index in [2.05, 4.69) is 10.6 Å². The lowest BCUT2D eigenvalue weighted by molar-refractivity contribution is 0.626. The Hall–Kier alpha value is -2.01. The number of thiocarbonyl (C=S) groups is 1. The number of halogens is 2. The molecule has 2 aromatic carbocycles. The fourth-order valence-corrected chi connectivity index (χ4v) is 2.09. The summed E-state index contributed by atoms with van der Waals surface area (Å²) in [6, 6.07) is 12.8. The van der Waals surface area contributed by atoms with Gasteiger partial charge in [-0.05, 0) is 54.9 Å². The fraction of sp³-hybridized carbons (Fsp3) is 0.188. The molecule has 21 heavy (non-hydrogen) atoms. The molecule has 2 nitrogen and oxygen atoms in total. The Morgan fingerprint density at radius 2 is 1.71 bits per heavy atom. The average molecular weight is 306 g/mol. The molecule has 0 heterocycles. The first-order chi connectivity index (χ1) is 10.1. The molecule has 0 aromatic heterocycles. The van der Waals surface area contributed by atoms with Gasteiger partial charge in [-0.25, -0.2) is 8.78 Å². The third kappa shape index (κ3) is 5.11. The van der Waals surface area contributed by atoms with E-state index in [1.807, 2.05) is 0 Å². The number of hydrogen-bond acceptors (Lipinski definition) is 1. The van der Waals surface area contributed by atoms with Crippen molar-refractivity contribution in [1.29, 1.82) is 0 Å². The maximum atomic E-state index is 13.4. The van der Waals surface area contributed by atoms with Crippen molar-refractivity contribution in [3.63, 3.8) is 0 Å². The van der Waals surface area contributed by atoms with E-state index in [1.54, 1.807) is 30.3 Å². The van der Waals surface area contributed by atoms with Gasteiger partial charge in [-0.15, -0.1) is 0 Å². The van der Waals surface area contributed by atoms with Crippen LogP contribution in [-0.4, -0.2) is 11.7 Å². The number of aryl methyl sites for hydroxylation is 1. The van der Waals surface area contributed by atoms with Crippen LogP contribution in [0.25, 0.3) is 0 Å². The van der Waals surface area contributed by atoms with E-state index in [9.17, 15) is 8.78 Å². The molecule has 0 atom stereocenters. The molecule has 0 aliphatic carbocycles. The van der Waals surface area contributed by atoms with Crippen LogP contribution in [0, 0.1) is 11.6 Å². The molecule has 0 saturated heterocycles. The Labute approximate surface area is 128 Å².